The number of rotatable bonds is 7. The lowest BCUT2D eigenvalue weighted by Crippen LogP contribution is -2.49. The van der Waals surface area contributed by atoms with E-state index >= 15 is 0 Å². The third kappa shape index (κ3) is 6.81. The lowest BCUT2D eigenvalue weighted by atomic mass is 9.91. The van der Waals surface area contributed by atoms with E-state index in [4.69, 9.17) is 9.94 Å². The lowest BCUT2D eigenvalue weighted by molar-refractivity contribution is -0.152. The molecule has 2 atom stereocenters. The van der Waals surface area contributed by atoms with E-state index in [0.717, 1.165) is 0 Å². The largest absolute Gasteiger partial charge is 0.416 e. The maximum Gasteiger partial charge on any atom is 0.416 e. The number of ether oxygens (including phenoxy) is 1. The zero-order chi connectivity index (χ0) is 24.1. The summed E-state index contributed by atoms with van der Waals surface area (Å²) in [6.45, 7) is 0.827. The van der Waals surface area contributed by atoms with Gasteiger partial charge in [-0.25, -0.2) is 5.48 Å². The highest BCUT2D eigenvalue weighted by atomic mass is 19.4. The van der Waals surface area contributed by atoms with Crippen molar-refractivity contribution in [3.8, 4) is 0 Å². The minimum atomic E-state index is -4.99. The number of aliphatic hydroxyl groups excluding tert-OH is 1. The Hall–Kier alpha value is -2.38. The maximum atomic E-state index is 13.0. The van der Waals surface area contributed by atoms with Crippen molar-refractivity contribution in [2.24, 2.45) is 5.92 Å². The third-order valence-corrected chi connectivity index (χ3v) is 5.03. The molecule has 1 heterocycles. The highest BCUT2D eigenvalue weighted by Crippen LogP contribution is 2.36. The summed E-state index contributed by atoms with van der Waals surface area (Å²) >= 11 is 0. The Morgan fingerprint density at radius 2 is 1.56 bits per heavy atom. The average molecular weight is 472 g/mol. The van der Waals surface area contributed by atoms with Crippen LogP contribution < -0.4 is 5.48 Å². The number of alkyl halides is 6. The highest BCUT2D eigenvalue weighted by molar-refractivity contribution is 5.88. The van der Waals surface area contributed by atoms with Crippen molar-refractivity contribution < 1.29 is 51.0 Å². The number of amides is 2. The van der Waals surface area contributed by atoms with Crippen molar-refractivity contribution in [1.29, 1.82) is 0 Å². The fourth-order valence-electron chi connectivity index (χ4n) is 3.37. The number of carbonyl (C=O) groups is 2. The maximum absolute atomic E-state index is 13.0. The second kappa shape index (κ2) is 10.5. The minimum absolute atomic E-state index is 0.0175. The van der Waals surface area contributed by atoms with Crippen LogP contribution in [-0.2, 0) is 33.1 Å². The summed E-state index contributed by atoms with van der Waals surface area (Å²) in [4.78, 5) is 25.7. The van der Waals surface area contributed by atoms with Gasteiger partial charge >= 0.3 is 12.4 Å². The van der Waals surface area contributed by atoms with Crippen LogP contribution in [0.2, 0.25) is 0 Å². The predicted molar refractivity (Wildman–Crippen MR) is 96.2 cm³/mol. The molecule has 1 aliphatic heterocycles. The summed E-state index contributed by atoms with van der Waals surface area (Å²) in [7, 11) is 0. The standard InChI is InChI=1S/C19H22F6N2O5/c20-18(21,22)12-8-11(9-13(10-12)19(23,24)25)2-1-3-14(15(28)16(29)26-31)17(30)27-4-6-32-7-5-27/h8-10,14-15,28,31H,1-7H2,(H,26,29)/t14-,15+/m1/s1. The van der Waals surface area contributed by atoms with Gasteiger partial charge in [-0.2, -0.15) is 26.3 Å². The molecule has 0 spiro atoms. The van der Waals surface area contributed by atoms with Gasteiger partial charge in [-0.1, -0.05) is 0 Å². The van der Waals surface area contributed by atoms with Crippen LogP contribution in [0.4, 0.5) is 26.3 Å². The molecule has 2 amide bonds. The minimum Gasteiger partial charge on any atom is -0.382 e. The van der Waals surface area contributed by atoms with Crippen LogP contribution in [0, 0.1) is 5.92 Å². The van der Waals surface area contributed by atoms with E-state index in [1.165, 1.54) is 10.4 Å². The Morgan fingerprint density at radius 1 is 1.03 bits per heavy atom. The highest BCUT2D eigenvalue weighted by Gasteiger charge is 2.37. The number of carbonyl (C=O) groups excluding carboxylic acids is 2. The Balaban J connectivity index is 2.19. The van der Waals surface area contributed by atoms with Gasteiger partial charge in [0.1, 0.15) is 6.10 Å². The number of benzene rings is 1. The van der Waals surface area contributed by atoms with E-state index < -0.39 is 47.3 Å². The Morgan fingerprint density at radius 3 is 2.03 bits per heavy atom. The first-order valence-electron chi connectivity index (χ1n) is 9.61. The topological polar surface area (TPSA) is 99.1 Å². The number of hydrogen-bond donors (Lipinski definition) is 3. The van der Waals surface area contributed by atoms with Gasteiger partial charge in [0, 0.05) is 13.1 Å². The summed E-state index contributed by atoms with van der Waals surface area (Å²) in [5.41, 5.74) is -1.94. The van der Waals surface area contributed by atoms with Crippen LogP contribution in [-0.4, -0.2) is 59.4 Å². The van der Waals surface area contributed by atoms with E-state index in [0.29, 0.717) is 12.1 Å². The summed E-state index contributed by atoms with van der Waals surface area (Å²) in [6, 6.07) is 1.19. The number of aryl methyl sites for hydroxylation is 1. The molecule has 32 heavy (non-hydrogen) atoms. The number of hydrogen-bond acceptors (Lipinski definition) is 5. The molecule has 2 rings (SSSR count). The molecule has 0 bridgehead atoms. The molecule has 3 N–H and O–H groups in total. The molecule has 0 saturated carbocycles. The van der Waals surface area contributed by atoms with E-state index in [-0.39, 0.29) is 57.2 Å². The van der Waals surface area contributed by atoms with E-state index in [2.05, 4.69) is 0 Å². The molecule has 1 saturated heterocycles. The van der Waals surface area contributed by atoms with E-state index in [9.17, 15) is 41.0 Å². The average Bonchev–Trinajstić information content (AvgIpc) is 2.74. The molecule has 7 nitrogen and oxygen atoms in total. The summed E-state index contributed by atoms with van der Waals surface area (Å²) < 4.78 is 83.1. The molecule has 180 valence electrons. The number of nitrogens with one attached hydrogen (secondary N) is 1. The molecule has 0 aromatic heterocycles. The molecular formula is C19H22F6N2O5. The summed E-state index contributed by atoms with van der Waals surface area (Å²) in [5.74, 6) is -3.24. The van der Waals surface area contributed by atoms with Crippen molar-refractivity contribution >= 4 is 11.8 Å². The first-order valence-corrected chi connectivity index (χ1v) is 9.61. The van der Waals surface area contributed by atoms with Gasteiger partial charge in [-0.15, -0.1) is 0 Å². The fourth-order valence-corrected chi connectivity index (χ4v) is 3.37. The van der Waals surface area contributed by atoms with Crippen molar-refractivity contribution in [2.75, 3.05) is 26.3 Å². The number of halogens is 6. The van der Waals surface area contributed by atoms with Crippen molar-refractivity contribution in [3.05, 3.63) is 34.9 Å². The molecule has 0 radical (unpaired) electrons. The molecular weight excluding hydrogens is 450 g/mol. The fraction of sp³-hybridized carbons (Fsp3) is 0.579. The number of hydroxylamine groups is 1. The second-order valence-corrected chi connectivity index (χ2v) is 7.27. The molecule has 1 aromatic carbocycles. The van der Waals surface area contributed by atoms with Crippen LogP contribution in [0.15, 0.2) is 18.2 Å². The van der Waals surface area contributed by atoms with Crippen molar-refractivity contribution in [2.45, 2.75) is 37.7 Å². The monoisotopic (exact) mass is 472 g/mol. The molecule has 0 aliphatic carbocycles. The number of aliphatic hydroxyl groups is 1. The Kier molecular flexibility index (Phi) is 8.48. The van der Waals surface area contributed by atoms with Crippen LogP contribution >= 0.6 is 0 Å². The van der Waals surface area contributed by atoms with Gasteiger partial charge in [-0.3, -0.25) is 14.8 Å². The zero-order valence-electron chi connectivity index (χ0n) is 16.7. The first kappa shape index (κ1) is 25.9. The predicted octanol–water partition coefficient (Wildman–Crippen LogP) is 2.39. The molecule has 1 aromatic rings. The van der Waals surface area contributed by atoms with Gasteiger partial charge in [0.25, 0.3) is 5.91 Å². The number of nitrogens with zero attached hydrogens (tertiary/aromatic N) is 1. The molecule has 1 aliphatic rings. The number of morpholine rings is 1. The zero-order valence-corrected chi connectivity index (χ0v) is 16.7. The first-order chi connectivity index (χ1) is 14.8. The van der Waals surface area contributed by atoms with Gasteiger partial charge in [0.05, 0.1) is 30.3 Å². The quantitative estimate of drug-likeness (QED) is 0.322. The van der Waals surface area contributed by atoms with E-state index in [1.54, 1.807) is 0 Å². The van der Waals surface area contributed by atoms with Crippen molar-refractivity contribution in [3.63, 3.8) is 0 Å². The van der Waals surface area contributed by atoms with Crippen LogP contribution in [0.1, 0.15) is 29.5 Å². The Bertz CT molecular complexity index is 776. The van der Waals surface area contributed by atoms with Crippen LogP contribution in [0.25, 0.3) is 0 Å². The van der Waals surface area contributed by atoms with Crippen molar-refractivity contribution in [1.82, 2.24) is 10.4 Å². The summed E-state index contributed by atoms with van der Waals surface area (Å²) in [5, 5.41) is 18.9. The van der Waals surface area contributed by atoms with Gasteiger partial charge in [-0.05, 0) is 43.0 Å². The Labute approximate surface area is 178 Å². The van der Waals surface area contributed by atoms with Crippen LogP contribution in [0.3, 0.4) is 0 Å². The van der Waals surface area contributed by atoms with E-state index in [1.807, 2.05) is 0 Å². The molecule has 13 heteroatoms. The van der Waals surface area contributed by atoms with Gasteiger partial charge in [0.2, 0.25) is 5.91 Å². The van der Waals surface area contributed by atoms with Crippen LogP contribution in [0.5, 0.6) is 0 Å². The lowest BCUT2D eigenvalue weighted by Gasteiger charge is -2.31. The SMILES string of the molecule is O=C(NO)[C@@H](O)[C@@H](CCCc1cc(C(F)(F)F)cc(C(F)(F)F)c1)C(=O)N1CCOCC1. The third-order valence-electron chi connectivity index (χ3n) is 5.03. The smallest absolute Gasteiger partial charge is 0.382 e. The van der Waals surface area contributed by atoms with Gasteiger partial charge < -0.3 is 14.7 Å². The molecule has 0 unspecified atom stereocenters. The molecule has 1 fully saturated rings. The normalized spacial score (nSPS) is 17.1. The summed E-state index contributed by atoms with van der Waals surface area (Å²) in [6.07, 6.45) is -12.5. The second-order valence-electron chi connectivity index (χ2n) is 7.27. The van der Waals surface area contributed by atoms with Gasteiger partial charge in [0.15, 0.2) is 0 Å².